The minimum atomic E-state index is -0.285. The van der Waals surface area contributed by atoms with Crippen LogP contribution in [-0.4, -0.2) is 112 Å². The van der Waals surface area contributed by atoms with Crippen molar-refractivity contribution in [2.75, 3.05) is 77.9 Å². The number of carbonyl (C=O) groups excluding carboxylic acids is 3. The molecule has 70 heavy (non-hydrogen) atoms. The fourth-order valence-electron chi connectivity index (χ4n) is 8.92. The number of unbranched alkanes of at least 4 members (excludes halogenated alkanes) is 3. The van der Waals surface area contributed by atoms with Crippen molar-refractivity contribution in [3.05, 3.63) is 157 Å². The highest BCUT2D eigenvalue weighted by atomic mass is 32.1. The summed E-state index contributed by atoms with van der Waals surface area (Å²) in [4.78, 5) is 47.8. The average Bonchev–Trinajstić information content (AvgIpc) is 4.17. The second-order valence-corrected chi connectivity index (χ2v) is 22.0. The molecule has 3 aromatic carbocycles. The molecule has 0 aliphatic rings. The molecule has 3 aromatic heterocycles. The molecule has 6 aromatic rings. The molecule has 0 fully saturated rings. The Labute approximate surface area is 430 Å². The van der Waals surface area contributed by atoms with Gasteiger partial charge in [0.15, 0.2) is 17.3 Å². The first-order valence-electron chi connectivity index (χ1n) is 25.0. The molecule has 0 unspecified atom stereocenters. The number of hydrogen-bond donors (Lipinski definition) is 3. The zero-order valence-corrected chi connectivity index (χ0v) is 44.8. The summed E-state index contributed by atoms with van der Waals surface area (Å²) in [6.07, 6.45) is 9.56. The van der Waals surface area contributed by atoms with Crippen LogP contribution < -0.4 is 16.0 Å². The van der Waals surface area contributed by atoms with Gasteiger partial charge < -0.3 is 30.7 Å². The van der Waals surface area contributed by atoms with Gasteiger partial charge in [0.05, 0.1) is 18.1 Å². The molecule has 3 heterocycles. The minimum absolute atomic E-state index is 0.108. The van der Waals surface area contributed by atoms with Crippen LogP contribution in [0, 0.1) is 0 Å². The molecular formula is C58H76N6O3S3. The molecule has 0 radical (unpaired) electrons. The Kier molecular flexibility index (Phi) is 22.4. The minimum Gasteiger partial charge on any atom is -0.375 e. The maximum absolute atomic E-state index is 13.8. The summed E-state index contributed by atoms with van der Waals surface area (Å²) in [5.74, 6) is 0.518. The molecule has 12 heteroatoms. The van der Waals surface area contributed by atoms with Gasteiger partial charge in [-0.25, -0.2) is 0 Å². The zero-order valence-electron chi connectivity index (χ0n) is 42.3. The highest BCUT2D eigenvalue weighted by Crippen LogP contribution is 2.35. The van der Waals surface area contributed by atoms with Gasteiger partial charge in [-0.1, -0.05) is 36.4 Å². The van der Waals surface area contributed by atoms with Crippen molar-refractivity contribution in [1.29, 1.82) is 0 Å². The largest absolute Gasteiger partial charge is 0.375 e. The second kappa shape index (κ2) is 28.8. The SMILES string of the molecule is CN(C)CCCC[C@H](Nc1ccc(C(c2ccc(N[C@@H](CCCCN(C)C)C(=O)Cc3ccsc3)cc2)c2ccc(N[C@@H](CCCCN(C)C)C(=O)Cc3ccsc3)cc2)cc1)C(=O)Cc1ccsc1. The number of rotatable bonds is 33. The molecule has 9 nitrogen and oxygen atoms in total. The van der Waals surface area contributed by atoms with Crippen LogP contribution in [-0.2, 0) is 33.6 Å². The van der Waals surface area contributed by atoms with Gasteiger partial charge in [-0.05, 0) is 240 Å². The van der Waals surface area contributed by atoms with E-state index in [1.807, 2.05) is 34.3 Å². The van der Waals surface area contributed by atoms with E-state index >= 15 is 0 Å². The highest BCUT2D eigenvalue weighted by molar-refractivity contribution is 7.08. The van der Waals surface area contributed by atoms with Gasteiger partial charge in [0, 0.05) is 42.2 Å². The summed E-state index contributed by atoms with van der Waals surface area (Å²) in [7, 11) is 12.5. The molecule has 3 N–H and O–H groups in total. The average molecular weight is 1000 g/mol. The van der Waals surface area contributed by atoms with Crippen molar-refractivity contribution in [3.8, 4) is 0 Å². The number of anilines is 3. The van der Waals surface area contributed by atoms with Crippen LogP contribution in [0.5, 0.6) is 0 Å². The molecule has 0 bridgehead atoms. The number of thiophene rings is 3. The standard InChI is InChI=1S/C58H76N6O3S3/c1-62(2)31-10-7-13-52(55(65)37-43-28-34-68-40-43)59-49-22-16-46(17-23-49)58(47-18-24-50(25-19-47)60-53(14-8-11-32-63(3)4)56(66)38-44-29-35-69-41-44)48-20-26-51(27-21-48)61-54(15-9-12-33-64(5)6)57(67)39-45-30-36-70-42-45/h16-30,34-36,40-42,52-54,58-61H,7-15,31-33,37-39H2,1-6H3/t52-,53-,54-/m0/s1. The van der Waals surface area contributed by atoms with E-state index in [1.165, 1.54) is 0 Å². The summed E-state index contributed by atoms with van der Waals surface area (Å²) in [6, 6.07) is 31.0. The third kappa shape index (κ3) is 18.3. The molecule has 3 atom stereocenters. The molecule has 6 rings (SSSR count). The van der Waals surface area contributed by atoms with Gasteiger partial charge in [0.1, 0.15) is 0 Å². The van der Waals surface area contributed by atoms with Gasteiger partial charge in [-0.15, -0.1) is 0 Å². The van der Waals surface area contributed by atoms with Crippen LogP contribution in [0.15, 0.2) is 123 Å². The maximum atomic E-state index is 13.8. The predicted molar refractivity (Wildman–Crippen MR) is 299 cm³/mol. The number of ketones is 3. The van der Waals surface area contributed by atoms with Crippen LogP contribution >= 0.6 is 34.0 Å². The van der Waals surface area contributed by atoms with Gasteiger partial charge in [-0.2, -0.15) is 34.0 Å². The van der Waals surface area contributed by atoms with Crippen molar-refractivity contribution in [1.82, 2.24) is 14.7 Å². The van der Waals surface area contributed by atoms with Crippen molar-refractivity contribution < 1.29 is 14.4 Å². The normalized spacial score (nSPS) is 12.9. The Morgan fingerprint density at radius 3 is 0.900 bits per heavy atom. The van der Waals surface area contributed by atoms with E-state index < -0.39 is 0 Å². The molecule has 0 spiro atoms. The Morgan fingerprint density at radius 1 is 0.400 bits per heavy atom. The van der Waals surface area contributed by atoms with E-state index in [2.05, 4.69) is 162 Å². The molecule has 0 aliphatic heterocycles. The zero-order chi connectivity index (χ0) is 49.7. The van der Waals surface area contributed by atoms with E-state index in [9.17, 15) is 14.4 Å². The molecule has 0 saturated carbocycles. The third-order valence-electron chi connectivity index (χ3n) is 12.8. The topological polar surface area (TPSA) is 97.0 Å². The summed E-state index contributed by atoms with van der Waals surface area (Å²) in [5.41, 5.74) is 9.32. The lowest BCUT2D eigenvalue weighted by Gasteiger charge is -2.23. The second-order valence-electron chi connectivity index (χ2n) is 19.6. The number of Topliss-reactive ketones (excluding diaryl/α,β-unsaturated/α-hetero) is 3. The molecule has 0 aliphatic carbocycles. The van der Waals surface area contributed by atoms with Gasteiger partial charge in [-0.3, -0.25) is 14.4 Å². The monoisotopic (exact) mass is 1000 g/mol. The Morgan fingerprint density at radius 2 is 0.671 bits per heavy atom. The lowest BCUT2D eigenvalue weighted by molar-refractivity contribution is -0.120. The summed E-state index contributed by atoms with van der Waals surface area (Å²) < 4.78 is 0. The first-order valence-corrected chi connectivity index (χ1v) is 27.9. The first-order chi connectivity index (χ1) is 33.9. The fourth-order valence-corrected chi connectivity index (χ4v) is 10.9. The Bertz CT molecular complexity index is 2130. The van der Waals surface area contributed by atoms with E-state index in [1.54, 1.807) is 34.0 Å². The van der Waals surface area contributed by atoms with Crippen molar-refractivity contribution in [2.45, 2.75) is 101 Å². The number of nitrogens with one attached hydrogen (secondary N) is 3. The summed E-state index contributed by atoms with van der Waals surface area (Å²) in [6.45, 7) is 2.98. The van der Waals surface area contributed by atoms with E-state index in [0.717, 1.165) is 128 Å². The first kappa shape index (κ1) is 54.4. The van der Waals surface area contributed by atoms with Crippen molar-refractivity contribution in [3.63, 3.8) is 0 Å². The molecule has 0 saturated heterocycles. The maximum Gasteiger partial charge on any atom is 0.159 e. The lowest BCUT2D eigenvalue weighted by Crippen LogP contribution is -2.31. The molecule has 0 amide bonds. The lowest BCUT2D eigenvalue weighted by atomic mass is 9.85. The van der Waals surface area contributed by atoms with Crippen molar-refractivity contribution >= 4 is 68.4 Å². The number of hydrogen-bond acceptors (Lipinski definition) is 12. The number of carbonyl (C=O) groups is 3. The number of benzene rings is 3. The van der Waals surface area contributed by atoms with Gasteiger partial charge >= 0.3 is 0 Å². The quantitative estimate of drug-likeness (QED) is 0.0275. The smallest absolute Gasteiger partial charge is 0.159 e. The summed E-state index contributed by atoms with van der Waals surface area (Å²) >= 11 is 4.88. The van der Waals surface area contributed by atoms with E-state index in [-0.39, 0.29) is 41.4 Å². The Hall–Kier alpha value is -4.95. The van der Waals surface area contributed by atoms with Crippen LogP contribution in [0.4, 0.5) is 17.1 Å². The van der Waals surface area contributed by atoms with Crippen LogP contribution in [0.2, 0.25) is 0 Å². The molecule has 374 valence electrons. The number of nitrogens with zero attached hydrogens (tertiary/aromatic N) is 3. The Balaban J connectivity index is 1.25. The highest BCUT2D eigenvalue weighted by Gasteiger charge is 2.24. The van der Waals surface area contributed by atoms with Crippen molar-refractivity contribution in [2.24, 2.45) is 0 Å². The van der Waals surface area contributed by atoms with Crippen LogP contribution in [0.1, 0.15) is 97.1 Å². The molecular weight excluding hydrogens is 925 g/mol. The summed E-state index contributed by atoms with van der Waals surface area (Å²) in [5, 5.41) is 23.2. The predicted octanol–water partition coefficient (Wildman–Crippen LogP) is 12.0. The van der Waals surface area contributed by atoms with Gasteiger partial charge in [0.25, 0.3) is 0 Å². The van der Waals surface area contributed by atoms with Crippen LogP contribution in [0.25, 0.3) is 0 Å². The third-order valence-corrected chi connectivity index (χ3v) is 15.0. The fraction of sp³-hybridized carbons (Fsp3) is 0.431. The van der Waals surface area contributed by atoms with Gasteiger partial charge in [0.2, 0.25) is 0 Å². The van der Waals surface area contributed by atoms with E-state index in [4.69, 9.17) is 0 Å². The van der Waals surface area contributed by atoms with Crippen LogP contribution in [0.3, 0.4) is 0 Å². The van der Waals surface area contributed by atoms with E-state index in [0.29, 0.717) is 19.3 Å².